The van der Waals surface area contributed by atoms with Gasteiger partial charge >= 0.3 is 0 Å². The summed E-state index contributed by atoms with van der Waals surface area (Å²) < 4.78 is 1.12. The average Bonchev–Trinajstić information content (AvgIpc) is 2.52. The van der Waals surface area contributed by atoms with E-state index in [1.807, 2.05) is 12.1 Å². The van der Waals surface area contributed by atoms with Crippen molar-refractivity contribution >= 4 is 50.7 Å². The molecule has 2 N–H and O–H groups in total. The third kappa shape index (κ3) is 6.47. The lowest BCUT2D eigenvalue weighted by atomic mass is 10.0. The molecule has 2 nitrogen and oxygen atoms in total. The Kier molecular flexibility index (Phi) is 8.04. The van der Waals surface area contributed by atoms with E-state index in [9.17, 15) is 0 Å². The van der Waals surface area contributed by atoms with Gasteiger partial charge in [0.15, 0.2) is 5.11 Å². The van der Waals surface area contributed by atoms with Crippen LogP contribution in [0.1, 0.15) is 44.1 Å². The highest BCUT2D eigenvalue weighted by Crippen LogP contribution is 2.28. The standard InChI is InChI=1S/C17H25BrN2S2/c1-13-12-14(8-9-16(13)18)20-17(21)19-10-5-11-22-15-6-3-2-4-7-15/h8-9,12,15H,2-7,10-11H2,1H3,(H2,19,20,21). The molecule has 0 heterocycles. The minimum Gasteiger partial charge on any atom is -0.362 e. The van der Waals surface area contributed by atoms with Gasteiger partial charge in [0.1, 0.15) is 0 Å². The van der Waals surface area contributed by atoms with Gasteiger partial charge in [0.05, 0.1) is 0 Å². The number of thiocarbonyl (C=S) groups is 1. The number of halogens is 1. The van der Waals surface area contributed by atoms with Gasteiger partial charge in [-0.2, -0.15) is 11.8 Å². The Morgan fingerprint density at radius 2 is 2.09 bits per heavy atom. The van der Waals surface area contributed by atoms with E-state index in [-0.39, 0.29) is 0 Å². The van der Waals surface area contributed by atoms with Crippen molar-refractivity contribution in [3.63, 3.8) is 0 Å². The topological polar surface area (TPSA) is 24.1 Å². The van der Waals surface area contributed by atoms with Crippen molar-refractivity contribution in [3.05, 3.63) is 28.2 Å². The van der Waals surface area contributed by atoms with E-state index < -0.39 is 0 Å². The molecule has 22 heavy (non-hydrogen) atoms. The summed E-state index contributed by atoms with van der Waals surface area (Å²) in [6.45, 7) is 3.02. The molecule has 2 rings (SSSR count). The molecule has 0 spiro atoms. The SMILES string of the molecule is Cc1cc(NC(=S)NCCCSC2CCCCC2)ccc1Br. The molecule has 5 heteroatoms. The average molecular weight is 401 g/mol. The molecular weight excluding hydrogens is 376 g/mol. The van der Waals surface area contributed by atoms with Crippen molar-refractivity contribution in [1.82, 2.24) is 5.32 Å². The summed E-state index contributed by atoms with van der Waals surface area (Å²) in [7, 11) is 0. The lowest BCUT2D eigenvalue weighted by Crippen LogP contribution is -2.29. The van der Waals surface area contributed by atoms with Gasteiger partial charge in [-0.25, -0.2) is 0 Å². The van der Waals surface area contributed by atoms with Crippen LogP contribution < -0.4 is 10.6 Å². The van der Waals surface area contributed by atoms with Crippen molar-refractivity contribution < 1.29 is 0 Å². The highest BCUT2D eigenvalue weighted by atomic mass is 79.9. The van der Waals surface area contributed by atoms with E-state index in [0.29, 0.717) is 5.11 Å². The van der Waals surface area contributed by atoms with E-state index >= 15 is 0 Å². The number of rotatable bonds is 6. The quantitative estimate of drug-likeness (QED) is 0.486. The minimum absolute atomic E-state index is 0.712. The molecule has 0 saturated heterocycles. The number of hydrogen-bond acceptors (Lipinski definition) is 2. The highest BCUT2D eigenvalue weighted by Gasteiger charge is 2.12. The first kappa shape index (κ1) is 18.1. The van der Waals surface area contributed by atoms with Crippen LogP contribution in [-0.4, -0.2) is 22.7 Å². The minimum atomic E-state index is 0.712. The van der Waals surface area contributed by atoms with E-state index in [1.54, 1.807) is 0 Å². The summed E-state index contributed by atoms with van der Waals surface area (Å²) in [5.74, 6) is 1.23. The summed E-state index contributed by atoms with van der Waals surface area (Å²) >= 11 is 11.0. The molecule has 1 fully saturated rings. The van der Waals surface area contributed by atoms with E-state index in [0.717, 1.165) is 22.0 Å². The maximum atomic E-state index is 5.35. The van der Waals surface area contributed by atoms with Crippen LogP contribution in [0, 0.1) is 6.92 Å². The molecule has 1 aliphatic carbocycles. The zero-order valence-electron chi connectivity index (χ0n) is 13.2. The Balaban J connectivity index is 1.58. The van der Waals surface area contributed by atoms with Crippen LogP contribution in [0.2, 0.25) is 0 Å². The summed E-state index contributed by atoms with van der Waals surface area (Å²) in [6.07, 6.45) is 8.30. The fourth-order valence-corrected chi connectivity index (χ4v) is 4.43. The number of aryl methyl sites for hydroxylation is 1. The van der Waals surface area contributed by atoms with Crippen LogP contribution in [0.3, 0.4) is 0 Å². The Morgan fingerprint density at radius 1 is 1.32 bits per heavy atom. The molecule has 1 aliphatic rings. The summed E-state index contributed by atoms with van der Waals surface area (Å²) in [5, 5.41) is 8.16. The Bertz CT molecular complexity index is 488. The Labute approximate surface area is 152 Å². The molecule has 1 saturated carbocycles. The zero-order chi connectivity index (χ0) is 15.8. The molecule has 1 aromatic rings. The summed E-state index contributed by atoms with van der Waals surface area (Å²) in [5.41, 5.74) is 2.24. The third-order valence-corrected chi connectivity index (χ3v) is 6.53. The predicted octanol–water partition coefficient (Wildman–Crippen LogP) is 5.50. The first-order valence-corrected chi connectivity index (χ1v) is 10.3. The fraction of sp³-hybridized carbons (Fsp3) is 0.588. The Morgan fingerprint density at radius 3 is 2.82 bits per heavy atom. The van der Waals surface area contributed by atoms with Crippen molar-refractivity contribution in [1.29, 1.82) is 0 Å². The zero-order valence-corrected chi connectivity index (χ0v) is 16.4. The monoisotopic (exact) mass is 400 g/mol. The fourth-order valence-electron chi connectivity index (χ4n) is 2.65. The first-order chi connectivity index (χ1) is 10.6. The van der Waals surface area contributed by atoms with E-state index in [4.69, 9.17) is 12.2 Å². The van der Waals surface area contributed by atoms with E-state index in [2.05, 4.69) is 51.3 Å². The predicted molar refractivity (Wildman–Crippen MR) is 107 cm³/mol. The number of benzene rings is 1. The van der Waals surface area contributed by atoms with Gasteiger partial charge < -0.3 is 10.6 Å². The molecule has 0 amide bonds. The van der Waals surface area contributed by atoms with Gasteiger partial charge in [-0.1, -0.05) is 35.2 Å². The van der Waals surface area contributed by atoms with Crippen LogP contribution in [0.15, 0.2) is 22.7 Å². The van der Waals surface area contributed by atoms with Crippen LogP contribution >= 0.6 is 39.9 Å². The maximum absolute atomic E-state index is 5.35. The lowest BCUT2D eigenvalue weighted by molar-refractivity contribution is 0.516. The maximum Gasteiger partial charge on any atom is 0.170 e. The second kappa shape index (κ2) is 9.78. The molecule has 0 bridgehead atoms. The first-order valence-electron chi connectivity index (χ1n) is 8.08. The second-order valence-electron chi connectivity index (χ2n) is 5.83. The van der Waals surface area contributed by atoms with Crippen LogP contribution in [0.25, 0.3) is 0 Å². The Hall–Kier alpha value is -0.260. The number of nitrogens with one attached hydrogen (secondary N) is 2. The number of hydrogen-bond donors (Lipinski definition) is 2. The van der Waals surface area contributed by atoms with Crippen molar-refractivity contribution in [3.8, 4) is 0 Å². The highest BCUT2D eigenvalue weighted by molar-refractivity contribution is 9.10. The van der Waals surface area contributed by atoms with Gasteiger partial charge in [0.25, 0.3) is 0 Å². The molecule has 0 radical (unpaired) electrons. The largest absolute Gasteiger partial charge is 0.362 e. The van der Waals surface area contributed by atoms with Crippen LogP contribution in [0.4, 0.5) is 5.69 Å². The van der Waals surface area contributed by atoms with E-state index in [1.165, 1.54) is 49.8 Å². The van der Waals surface area contributed by atoms with Crippen molar-refractivity contribution in [2.75, 3.05) is 17.6 Å². The van der Waals surface area contributed by atoms with Gasteiger partial charge in [0.2, 0.25) is 0 Å². The smallest absolute Gasteiger partial charge is 0.170 e. The summed E-state index contributed by atoms with van der Waals surface area (Å²) in [6, 6.07) is 6.17. The van der Waals surface area contributed by atoms with Gasteiger partial charge in [-0.3, -0.25) is 0 Å². The third-order valence-electron chi connectivity index (χ3n) is 3.93. The van der Waals surface area contributed by atoms with Gasteiger partial charge in [-0.15, -0.1) is 0 Å². The lowest BCUT2D eigenvalue weighted by Gasteiger charge is -2.20. The van der Waals surface area contributed by atoms with Gasteiger partial charge in [-0.05, 0) is 67.9 Å². The van der Waals surface area contributed by atoms with Crippen molar-refractivity contribution in [2.24, 2.45) is 0 Å². The number of thioether (sulfide) groups is 1. The molecule has 1 aromatic carbocycles. The molecule has 0 aromatic heterocycles. The van der Waals surface area contributed by atoms with Crippen LogP contribution in [-0.2, 0) is 0 Å². The molecular formula is C17H25BrN2S2. The molecule has 0 aliphatic heterocycles. The molecule has 0 atom stereocenters. The van der Waals surface area contributed by atoms with Crippen molar-refractivity contribution in [2.45, 2.75) is 50.7 Å². The van der Waals surface area contributed by atoms with Gasteiger partial charge in [0, 0.05) is 22.0 Å². The second-order valence-corrected chi connectivity index (χ2v) is 8.50. The normalized spacial score (nSPS) is 15.5. The molecule has 122 valence electrons. The molecule has 0 unspecified atom stereocenters. The number of anilines is 1. The van der Waals surface area contributed by atoms with Crippen LogP contribution in [0.5, 0.6) is 0 Å². The summed E-state index contributed by atoms with van der Waals surface area (Å²) in [4.78, 5) is 0.